The molecule has 0 radical (unpaired) electrons. The summed E-state index contributed by atoms with van der Waals surface area (Å²) < 4.78 is 63.2. The number of carbonyl (C=O) groups excluding carboxylic acids is 1. The molecule has 1 saturated heterocycles. The van der Waals surface area contributed by atoms with Crippen LogP contribution in [0.2, 0.25) is 0 Å². The van der Waals surface area contributed by atoms with Crippen LogP contribution in [0.4, 0.5) is 13.2 Å². The average Bonchev–Trinajstić information content (AvgIpc) is 3.23. The first-order valence-electron chi connectivity index (χ1n) is 11.1. The molecule has 0 atom stereocenters. The first-order chi connectivity index (χ1) is 16.4. The van der Waals surface area contributed by atoms with Crippen LogP contribution >= 0.6 is 0 Å². The fraction of sp³-hybridized carbons (Fsp3) is 0.333. The SMILES string of the molecule is Cc1ccc(-c2cc(C(F)(F)F)nn2-c2ccc(S(N)(=O)=O)cc2)cc1.O=C1CCCCCCN1. The van der Waals surface area contributed by atoms with E-state index in [0.29, 0.717) is 5.56 Å². The molecule has 0 bridgehead atoms. The fourth-order valence-corrected chi connectivity index (χ4v) is 4.02. The van der Waals surface area contributed by atoms with Gasteiger partial charge in [0.2, 0.25) is 15.9 Å². The van der Waals surface area contributed by atoms with E-state index in [1.807, 2.05) is 6.92 Å². The molecule has 35 heavy (non-hydrogen) atoms. The van der Waals surface area contributed by atoms with E-state index in [-0.39, 0.29) is 22.2 Å². The van der Waals surface area contributed by atoms with Crippen LogP contribution in [0.15, 0.2) is 59.5 Å². The number of sulfonamides is 1. The number of primary sulfonamides is 1. The van der Waals surface area contributed by atoms with Crippen LogP contribution in [-0.4, -0.2) is 30.7 Å². The van der Waals surface area contributed by atoms with Crippen molar-refractivity contribution in [2.75, 3.05) is 6.54 Å². The van der Waals surface area contributed by atoms with Gasteiger partial charge in [-0.25, -0.2) is 18.2 Å². The Kier molecular flexibility index (Phi) is 8.34. The van der Waals surface area contributed by atoms with Crippen LogP contribution in [0, 0.1) is 6.92 Å². The highest BCUT2D eigenvalue weighted by Gasteiger charge is 2.35. The quantitative estimate of drug-likeness (QED) is 0.540. The van der Waals surface area contributed by atoms with E-state index in [4.69, 9.17) is 5.14 Å². The van der Waals surface area contributed by atoms with E-state index in [2.05, 4.69) is 10.4 Å². The molecule has 2 aromatic carbocycles. The summed E-state index contributed by atoms with van der Waals surface area (Å²) in [7, 11) is -3.90. The summed E-state index contributed by atoms with van der Waals surface area (Å²) in [6.07, 6.45) is 0.872. The third kappa shape index (κ3) is 7.40. The molecular weight excluding hydrogens is 481 g/mol. The monoisotopic (exact) mass is 508 g/mol. The van der Waals surface area contributed by atoms with E-state index in [1.165, 1.54) is 37.1 Å². The van der Waals surface area contributed by atoms with Crippen LogP contribution in [-0.2, 0) is 21.0 Å². The summed E-state index contributed by atoms with van der Waals surface area (Å²) in [4.78, 5) is 10.6. The molecule has 0 spiro atoms. The van der Waals surface area contributed by atoms with Gasteiger partial charge in [0.15, 0.2) is 5.69 Å². The van der Waals surface area contributed by atoms with Crippen LogP contribution in [0.25, 0.3) is 16.9 Å². The predicted octanol–water partition coefficient (Wildman–Crippen LogP) is 4.58. The first kappa shape index (κ1) is 26.4. The lowest BCUT2D eigenvalue weighted by Crippen LogP contribution is -2.25. The van der Waals surface area contributed by atoms with Crippen LogP contribution < -0.4 is 10.5 Å². The van der Waals surface area contributed by atoms with Gasteiger partial charge in [-0.15, -0.1) is 0 Å². The molecule has 0 aliphatic carbocycles. The molecule has 4 rings (SSSR count). The van der Waals surface area contributed by atoms with Gasteiger partial charge in [0, 0.05) is 18.5 Å². The van der Waals surface area contributed by atoms with Crippen molar-refractivity contribution in [2.45, 2.75) is 50.1 Å². The summed E-state index contributed by atoms with van der Waals surface area (Å²) >= 11 is 0. The van der Waals surface area contributed by atoms with Crippen molar-refractivity contribution in [1.82, 2.24) is 15.1 Å². The molecule has 1 amide bonds. The Morgan fingerprint density at radius 1 is 0.971 bits per heavy atom. The smallest absolute Gasteiger partial charge is 0.356 e. The predicted molar refractivity (Wildman–Crippen MR) is 126 cm³/mol. The Balaban J connectivity index is 0.000000320. The van der Waals surface area contributed by atoms with E-state index < -0.39 is 21.9 Å². The second-order valence-electron chi connectivity index (χ2n) is 8.24. The number of rotatable bonds is 3. The third-order valence-corrected chi connectivity index (χ3v) is 6.34. The second kappa shape index (κ2) is 11.0. The number of nitrogens with zero attached hydrogens (tertiary/aromatic N) is 2. The van der Waals surface area contributed by atoms with Crippen molar-refractivity contribution in [1.29, 1.82) is 0 Å². The molecule has 3 N–H and O–H groups in total. The maximum absolute atomic E-state index is 13.1. The Labute approximate surface area is 202 Å². The third-order valence-electron chi connectivity index (χ3n) is 5.41. The lowest BCUT2D eigenvalue weighted by molar-refractivity contribution is -0.141. The highest BCUT2D eigenvalue weighted by atomic mass is 32.2. The number of aryl methyl sites for hydroxylation is 1. The highest BCUT2D eigenvalue weighted by molar-refractivity contribution is 7.89. The number of nitrogens with one attached hydrogen (secondary N) is 1. The van der Waals surface area contributed by atoms with E-state index in [9.17, 15) is 26.4 Å². The average molecular weight is 509 g/mol. The van der Waals surface area contributed by atoms with Gasteiger partial charge >= 0.3 is 6.18 Å². The second-order valence-corrected chi connectivity index (χ2v) is 9.80. The molecule has 1 aromatic heterocycles. The van der Waals surface area contributed by atoms with Crippen molar-refractivity contribution in [2.24, 2.45) is 5.14 Å². The van der Waals surface area contributed by atoms with Crippen molar-refractivity contribution >= 4 is 15.9 Å². The van der Waals surface area contributed by atoms with Gasteiger partial charge in [-0.3, -0.25) is 4.79 Å². The van der Waals surface area contributed by atoms with Crippen LogP contribution in [0.3, 0.4) is 0 Å². The number of amides is 1. The Morgan fingerprint density at radius 2 is 1.60 bits per heavy atom. The number of nitrogens with two attached hydrogens (primary N) is 1. The molecule has 1 aliphatic rings. The Bertz CT molecular complexity index is 1240. The summed E-state index contributed by atoms with van der Waals surface area (Å²) in [5.41, 5.74) is 0.996. The normalized spacial score (nSPS) is 14.8. The van der Waals surface area contributed by atoms with E-state index in [0.717, 1.165) is 42.1 Å². The minimum Gasteiger partial charge on any atom is -0.356 e. The van der Waals surface area contributed by atoms with E-state index in [1.54, 1.807) is 24.3 Å². The number of aromatic nitrogens is 2. The van der Waals surface area contributed by atoms with Gasteiger partial charge < -0.3 is 5.32 Å². The Morgan fingerprint density at radius 3 is 2.20 bits per heavy atom. The summed E-state index contributed by atoms with van der Waals surface area (Å²) in [5.74, 6) is 0.231. The van der Waals surface area contributed by atoms with Crippen LogP contribution in [0.1, 0.15) is 43.4 Å². The number of hydrogen-bond acceptors (Lipinski definition) is 4. The molecule has 11 heteroatoms. The molecule has 0 saturated carbocycles. The minimum atomic E-state index is -4.61. The zero-order chi connectivity index (χ0) is 25.6. The minimum absolute atomic E-state index is 0.138. The number of carbonyl (C=O) groups is 1. The molecule has 3 aromatic rings. The van der Waals surface area contributed by atoms with Gasteiger partial charge in [-0.05, 0) is 50.1 Å². The zero-order valence-electron chi connectivity index (χ0n) is 19.2. The molecule has 0 unspecified atom stereocenters. The molecule has 1 fully saturated rings. The standard InChI is InChI=1S/C17H14F3N3O2S.C7H13NO/c1-11-2-4-12(5-3-11)15-10-16(17(18,19)20)22-23(15)13-6-8-14(9-7-13)26(21,24)25;9-7-5-3-1-2-4-6-8-7/h2-10H,1H3,(H2,21,24,25);1-6H2,(H,8,9). The summed E-state index contributed by atoms with van der Waals surface area (Å²) in [6.45, 7) is 2.76. The summed E-state index contributed by atoms with van der Waals surface area (Å²) in [5, 5.41) is 11.5. The van der Waals surface area contributed by atoms with Gasteiger partial charge in [-0.2, -0.15) is 18.3 Å². The topological polar surface area (TPSA) is 107 Å². The van der Waals surface area contributed by atoms with Crippen molar-refractivity contribution in [3.05, 3.63) is 65.9 Å². The lowest BCUT2D eigenvalue weighted by Gasteiger charge is -2.09. The molecule has 2 heterocycles. The van der Waals surface area contributed by atoms with Gasteiger partial charge in [-0.1, -0.05) is 42.7 Å². The maximum Gasteiger partial charge on any atom is 0.435 e. The van der Waals surface area contributed by atoms with Gasteiger partial charge in [0.05, 0.1) is 16.3 Å². The molecule has 188 valence electrons. The van der Waals surface area contributed by atoms with Crippen molar-refractivity contribution in [3.8, 4) is 16.9 Å². The fourth-order valence-electron chi connectivity index (χ4n) is 3.50. The number of hydrogen-bond donors (Lipinski definition) is 2. The maximum atomic E-state index is 13.1. The lowest BCUT2D eigenvalue weighted by atomic mass is 10.1. The molecule has 1 aliphatic heterocycles. The van der Waals surface area contributed by atoms with Gasteiger partial charge in [0.25, 0.3) is 0 Å². The Hall–Kier alpha value is -3.18. The number of benzene rings is 2. The van der Waals surface area contributed by atoms with Gasteiger partial charge in [0.1, 0.15) is 0 Å². The van der Waals surface area contributed by atoms with Crippen molar-refractivity contribution < 1.29 is 26.4 Å². The summed E-state index contributed by atoms with van der Waals surface area (Å²) in [6, 6.07) is 13.1. The van der Waals surface area contributed by atoms with Crippen molar-refractivity contribution in [3.63, 3.8) is 0 Å². The number of halogens is 3. The first-order valence-corrected chi connectivity index (χ1v) is 12.6. The number of alkyl halides is 3. The largest absolute Gasteiger partial charge is 0.435 e. The highest BCUT2D eigenvalue weighted by Crippen LogP contribution is 2.33. The molecule has 7 nitrogen and oxygen atoms in total. The molecular formula is C24H27F3N4O3S. The van der Waals surface area contributed by atoms with Crippen LogP contribution in [0.5, 0.6) is 0 Å². The zero-order valence-corrected chi connectivity index (χ0v) is 20.0. The van der Waals surface area contributed by atoms with E-state index >= 15 is 0 Å².